The number of fused-ring (bicyclic) bond motifs is 2. The molecule has 0 bridgehead atoms. The molecule has 100 heavy (non-hydrogen) atoms. The minimum Gasteiger partial charge on any atom is -0.488 e. The fourth-order valence-electron chi connectivity index (χ4n) is 12.1. The molecule has 3 aromatic carbocycles. The van der Waals surface area contributed by atoms with E-state index in [0.29, 0.717) is 57.7 Å². The van der Waals surface area contributed by atoms with E-state index in [1.54, 1.807) is 40.7 Å². The molecule has 0 radical (unpaired) electrons. The number of aromatic amines is 2. The van der Waals surface area contributed by atoms with E-state index in [-0.39, 0.29) is 53.7 Å². The highest BCUT2D eigenvalue weighted by atomic mass is 32.2. The first kappa shape index (κ1) is 74.4. The summed E-state index contributed by atoms with van der Waals surface area (Å²) in [5, 5.41) is 28.2. The first-order chi connectivity index (χ1) is 47.6. The number of nitrogens with zero attached hydrogens (tertiary/aromatic N) is 12. The molecule has 27 heteroatoms. The van der Waals surface area contributed by atoms with Crippen molar-refractivity contribution in [1.82, 2.24) is 60.3 Å². The number of carbonyl (C=O) groups excluding carboxylic acids is 2. The SMILES string of the molecule is CC#N.C[C@H]1CN(c2cc(-c3n[nH]c4ccc(OC5(C)CC5)cc34)ncn2)CCN1.C[C@H]1CN(c2cc(-c3n[nH]c4ccc(OC5(C)CC5)cc34)ncn2)CCN1CCOC1CCN(C(=O)OC(C)(C)C)CC1.Cc1ccc(S(=O)(=O)OCCOC2CCN(C(=O)OC(C)(C)C)CC2)cc1. The lowest BCUT2D eigenvalue weighted by Crippen LogP contribution is -2.53. The van der Waals surface area contributed by atoms with Gasteiger partial charge >= 0.3 is 12.2 Å². The zero-order valence-electron chi connectivity index (χ0n) is 60.2. The Labute approximate surface area is 588 Å². The molecule has 8 heterocycles. The van der Waals surface area contributed by atoms with E-state index in [4.69, 9.17) is 37.9 Å². The first-order valence-corrected chi connectivity index (χ1v) is 36.5. The largest absolute Gasteiger partial charge is 0.488 e. The molecule has 7 aromatic rings. The number of carbonyl (C=O) groups is 2. The summed E-state index contributed by atoms with van der Waals surface area (Å²) >= 11 is 0. The minimum absolute atomic E-state index is 0.00134. The standard InChI is InChI=1S/C32H45N7O4.C20H24N6O.C19H29NO6S.C2H3N/c1-22-20-39(15-14-37(22)16-17-41-23-8-12-38(13-9-23)30(40)43-31(2,3)4)28-19-27(33-21-34-28)29-25-18-24(42-32(5)10-11-32)6-7-26(25)35-36-29;1-13-11-26(8-7-21-13)18-10-17(22-12-23-18)19-15-9-14(27-20(2)5-6-20)3-4-16(15)24-25-19;1-15-5-7-17(8-6-15)27(22,23)25-14-13-24-16-9-11-20(12-10-16)18(21)26-19(2,3)4;1-2-3/h6-7,18-19,21-23H,8-17,20H2,1-5H3,(H,35,36);3-4,9-10,12-13,21H,5-8,11H2,1-2H3,(H,24,25);5-8,16H,9-14H2,1-4H3;1H3/t22-;13-;;/m00../s1. The topological polar surface area (TPSA) is 294 Å². The molecule has 4 aliphatic heterocycles. The number of nitrogens with one attached hydrogen (secondary N) is 3. The number of amides is 2. The van der Waals surface area contributed by atoms with Crippen LogP contribution in [0.4, 0.5) is 21.2 Å². The number of piperazine rings is 2. The van der Waals surface area contributed by atoms with Crippen LogP contribution in [0.3, 0.4) is 0 Å². The zero-order valence-corrected chi connectivity index (χ0v) is 61.0. The molecule has 6 aliphatic rings. The van der Waals surface area contributed by atoms with Gasteiger partial charge in [-0.05, 0) is 176 Å². The molecule has 26 nitrogen and oxygen atoms in total. The summed E-state index contributed by atoms with van der Waals surface area (Å²) in [7, 11) is -3.77. The summed E-state index contributed by atoms with van der Waals surface area (Å²) in [4.78, 5) is 53.2. The van der Waals surface area contributed by atoms with Crippen LogP contribution in [-0.4, -0.2) is 214 Å². The van der Waals surface area contributed by atoms with E-state index < -0.39 is 21.3 Å². The summed E-state index contributed by atoms with van der Waals surface area (Å²) < 4.78 is 64.3. The zero-order chi connectivity index (χ0) is 71.4. The Balaban J connectivity index is 0.000000166. The Hall–Kier alpha value is -8.26. The Morgan fingerprint density at radius 1 is 0.620 bits per heavy atom. The van der Waals surface area contributed by atoms with Gasteiger partial charge in [-0.3, -0.25) is 19.3 Å². The van der Waals surface area contributed by atoms with Gasteiger partial charge in [0.25, 0.3) is 10.1 Å². The van der Waals surface area contributed by atoms with Crippen molar-refractivity contribution < 1.29 is 50.6 Å². The van der Waals surface area contributed by atoms with Gasteiger partial charge in [0.15, 0.2) is 0 Å². The number of rotatable bonds is 18. The van der Waals surface area contributed by atoms with Crippen LogP contribution in [0.2, 0.25) is 0 Å². The average Bonchev–Trinajstić information content (AvgIpc) is 1.62. The number of aryl methyl sites for hydroxylation is 1. The van der Waals surface area contributed by atoms with E-state index in [9.17, 15) is 18.0 Å². The number of anilines is 2. The normalized spacial score (nSPS) is 19.4. The molecule has 2 aliphatic carbocycles. The number of H-pyrrole nitrogens is 2. The summed E-state index contributed by atoms with van der Waals surface area (Å²) in [6.45, 7) is 33.0. The van der Waals surface area contributed by atoms with Crippen LogP contribution in [0, 0.1) is 18.3 Å². The predicted octanol–water partition coefficient (Wildman–Crippen LogP) is 11.3. The first-order valence-electron chi connectivity index (χ1n) is 35.1. The van der Waals surface area contributed by atoms with Crippen LogP contribution in [0.1, 0.15) is 133 Å². The lowest BCUT2D eigenvalue weighted by molar-refractivity contribution is -0.0187. The highest BCUT2D eigenvalue weighted by molar-refractivity contribution is 7.86. The van der Waals surface area contributed by atoms with Crippen LogP contribution >= 0.6 is 0 Å². The van der Waals surface area contributed by atoms with Crippen LogP contribution in [0.5, 0.6) is 11.5 Å². The Kier molecular flexibility index (Phi) is 24.3. The molecule has 4 saturated heterocycles. The number of benzene rings is 3. The van der Waals surface area contributed by atoms with E-state index >= 15 is 0 Å². The lowest BCUT2D eigenvalue weighted by Gasteiger charge is -2.40. The lowest BCUT2D eigenvalue weighted by atomic mass is 10.1. The molecule has 540 valence electrons. The Bertz CT molecular complexity index is 4010. The average molecular weight is 1400 g/mol. The van der Waals surface area contributed by atoms with Gasteiger partial charge in [0.1, 0.15) is 69.6 Å². The molecule has 0 unspecified atom stereocenters. The van der Waals surface area contributed by atoms with E-state index in [1.165, 1.54) is 19.1 Å². The monoisotopic (exact) mass is 1400 g/mol. The fourth-order valence-corrected chi connectivity index (χ4v) is 13.0. The van der Waals surface area contributed by atoms with Crippen molar-refractivity contribution in [2.75, 3.05) is 102 Å². The number of likely N-dealkylation sites (tertiary alicyclic amines) is 2. The molecule has 3 N–H and O–H groups in total. The third-order valence-electron chi connectivity index (χ3n) is 18.2. The van der Waals surface area contributed by atoms with E-state index in [0.717, 1.165) is 158 Å². The van der Waals surface area contributed by atoms with Crippen molar-refractivity contribution in [3.63, 3.8) is 0 Å². The van der Waals surface area contributed by atoms with Crippen LogP contribution in [-0.2, 0) is 33.2 Å². The second kappa shape index (κ2) is 32.6. The second-order valence-electron chi connectivity index (χ2n) is 29.2. The molecular formula is C73H101N15O11S. The third-order valence-corrected chi connectivity index (χ3v) is 19.5. The molecule has 2 saturated carbocycles. The Morgan fingerprint density at radius 2 is 1.09 bits per heavy atom. The quantitative estimate of drug-likeness (QED) is 0.0531. The van der Waals surface area contributed by atoms with Gasteiger partial charge in [-0.15, -0.1) is 0 Å². The maximum atomic E-state index is 12.3. The highest BCUT2D eigenvalue weighted by Gasteiger charge is 2.41. The summed E-state index contributed by atoms with van der Waals surface area (Å²) in [6.07, 6.45) is 10.4. The van der Waals surface area contributed by atoms with Gasteiger partial charge in [0, 0.05) is 114 Å². The van der Waals surface area contributed by atoms with Crippen molar-refractivity contribution in [3.8, 4) is 40.3 Å². The van der Waals surface area contributed by atoms with Gasteiger partial charge in [-0.2, -0.15) is 23.9 Å². The molecule has 6 fully saturated rings. The summed E-state index contributed by atoms with van der Waals surface area (Å²) in [5.74, 6) is 3.61. The van der Waals surface area contributed by atoms with E-state index in [2.05, 4.69) is 100 Å². The van der Waals surface area contributed by atoms with Gasteiger partial charge in [0.2, 0.25) is 0 Å². The van der Waals surface area contributed by atoms with E-state index in [1.807, 2.05) is 84.9 Å². The molecule has 0 spiro atoms. The molecule has 4 aromatic heterocycles. The third kappa shape index (κ3) is 21.2. The van der Waals surface area contributed by atoms with Gasteiger partial charge in [-0.1, -0.05) is 17.7 Å². The number of ether oxygens (including phenoxy) is 6. The minimum atomic E-state index is -3.77. The second-order valence-corrected chi connectivity index (χ2v) is 30.8. The molecule has 2 atom stereocenters. The highest BCUT2D eigenvalue weighted by Crippen LogP contribution is 2.42. The fraction of sp³-hybridized carbons (Fsp3) is 0.575. The maximum Gasteiger partial charge on any atom is 0.410 e. The van der Waals surface area contributed by atoms with Crippen LogP contribution in [0.15, 0.2) is 90.3 Å². The van der Waals surface area contributed by atoms with Crippen LogP contribution in [0.25, 0.3) is 44.6 Å². The van der Waals surface area contributed by atoms with Crippen molar-refractivity contribution in [1.29, 1.82) is 5.26 Å². The Morgan fingerprint density at radius 3 is 1.54 bits per heavy atom. The predicted molar refractivity (Wildman–Crippen MR) is 383 cm³/mol. The smallest absolute Gasteiger partial charge is 0.410 e. The van der Waals surface area contributed by atoms with Crippen molar-refractivity contribution in [3.05, 3.63) is 91.0 Å². The molecule has 13 rings (SSSR count). The van der Waals surface area contributed by atoms with Crippen molar-refractivity contribution in [2.45, 2.75) is 186 Å². The van der Waals surface area contributed by atoms with Crippen molar-refractivity contribution in [2.24, 2.45) is 0 Å². The number of nitriles is 1. The van der Waals surface area contributed by atoms with Crippen molar-refractivity contribution >= 4 is 55.7 Å². The van der Waals surface area contributed by atoms with Crippen LogP contribution < -0.4 is 24.6 Å². The molecule has 2 amide bonds. The number of hydrogen-bond donors (Lipinski definition) is 3. The maximum absolute atomic E-state index is 12.3. The number of aromatic nitrogens is 8. The number of piperidine rings is 2. The van der Waals surface area contributed by atoms with Gasteiger partial charge in [0.05, 0.1) is 65.4 Å². The summed E-state index contributed by atoms with van der Waals surface area (Å²) in [5.41, 5.74) is 5.18. The summed E-state index contributed by atoms with van der Waals surface area (Å²) in [6, 6.07) is 25.3. The van der Waals surface area contributed by atoms with Gasteiger partial charge in [-0.25, -0.2) is 29.5 Å². The van der Waals surface area contributed by atoms with Gasteiger partial charge < -0.3 is 53.3 Å². The molecular weight excluding hydrogens is 1290 g/mol. The number of hydrogen-bond acceptors (Lipinski definition) is 22.